The number of benzene rings is 1. The van der Waals surface area contributed by atoms with Crippen LogP contribution in [0.3, 0.4) is 0 Å². The number of fused-ring (bicyclic) bond motifs is 1. The van der Waals surface area contributed by atoms with Gasteiger partial charge in [0.2, 0.25) is 5.91 Å². The van der Waals surface area contributed by atoms with Gasteiger partial charge in [-0.25, -0.2) is 0 Å². The third-order valence-corrected chi connectivity index (χ3v) is 4.08. The molecule has 1 aromatic carbocycles. The summed E-state index contributed by atoms with van der Waals surface area (Å²) in [6, 6.07) is 5.92. The van der Waals surface area contributed by atoms with Crippen molar-refractivity contribution in [1.29, 1.82) is 0 Å². The van der Waals surface area contributed by atoms with Gasteiger partial charge in [-0.05, 0) is 12.0 Å². The molecule has 88 valence electrons. The molecular weight excluding hydrogens is 282 g/mol. The molecule has 5 heteroatoms. The number of alkyl halides is 1. The molecule has 1 atom stereocenters. The van der Waals surface area contributed by atoms with Gasteiger partial charge in [0.05, 0.1) is 17.4 Å². The molecular formula is C12H12BrN3O. The number of carbonyl (C=O) groups is 1. The van der Waals surface area contributed by atoms with Crippen LogP contribution in [0.1, 0.15) is 6.42 Å². The summed E-state index contributed by atoms with van der Waals surface area (Å²) in [4.78, 5) is 13.8. The number of para-hydroxylation sites is 1. The van der Waals surface area contributed by atoms with Gasteiger partial charge >= 0.3 is 0 Å². The van der Waals surface area contributed by atoms with Crippen LogP contribution in [0.5, 0.6) is 0 Å². The standard InChI is InChI=1S/C12H12BrN3O/c13-5-8-4-11(17)16(7-8)10-3-1-2-9-6-14-15-12(9)10/h1-3,6,8H,4-5,7H2,(H,14,15). The number of amides is 1. The molecule has 1 N–H and O–H groups in total. The number of hydrogen-bond acceptors (Lipinski definition) is 2. The van der Waals surface area contributed by atoms with E-state index in [0.717, 1.165) is 28.5 Å². The number of aromatic amines is 1. The second kappa shape index (κ2) is 4.14. The zero-order valence-corrected chi connectivity index (χ0v) is 10.8. The summed E-state index contributed by atoms with van der Waals surface area (Å²) < 4.78 is 0. The van der Waals surface area contributed by atoms with Crippen LogP contribution in [-0.2, 0) is 4.79 Å². The van der Waals surface area contributed by atoms with Crippen LogP contribution in [0.25, 0.3) is 10.9 Å². The van der Waals surface area contributed by atoms with Crippen molar-refractivity contribution in [2.75, 3.05) is 16.8 Å². The Morgan fingerprint density at radius 3 is 3.18 bits per heavy atom. The summed E-state index contributed by atoms with van der Waals surface area (Å²) in [5, 5.41) is 8.90. The first-order chi connectivity index (χ1) is 8.29. The van der Waals surface area contributed by atoms with Crippen molar-refractivity contribution >= 4 is 38.4 Å². The Hall–Kier alpha value is -1.36. The highest BCUT2D eigenvalue weighted by Gasteiger charge is 2.30. The molecule has 0 aliphatic carbocycles. The maximum absolute atomic E-state index is 12.0. The lowest BCUT2D eigenvalue weighted by molar-refractivity contribution is -0.117. The highest BCUT2D eigenvalue weighted by molar-refractivity contribution is 9.09. The van der Waals surface area contributed by atoms with Crippen molar-refractivity contribution in [3.05, 3.63) is 24.4 Å². The zero-order valence-electron chi connectivity index (χ0n) is 9.19. The lowest BCUT2D eigenvalue weighted by atomic mass is 10.2. The van der Waals surface area contributed by atoms with Gasteiger partial charge in [0.1, 0.15) is 0 Å². The van der Waals surface area contributed by atoms with Crippen LogP contribution in [-0.4, -0.2) is 28.0 Å². The number of rotatable bonds is 2. The first-order valence-electron chi connectivity index (χ1n) is 5.58. The highest BCUT2D eigenvalue weighted by Crippen LogP contribution is 2.30. The van der Waals surface area contributed by atoms with Gasteiger partial charge in [0, 0.05) is 23.7 Å². The van der Waals surface area contributed by atoms with E-state index in [1.807, 2.05) is 23.1 Å². The molecule has 4 nitrogen and oxygen atoms in total. The van der Waals surface area contributed by atoms with Crippen LogP contribution >= 0.6 is 15.9 Å². The third-order valence-electron chi connectivity index (χ3n) is 3.17. The summed E-state index contributed by atoms with van der Waals surface area (Å²) in [6.07, 6.45) is 2.40. The Morgan fingerprint density at radius 1 is 1.53 bits per heavy atom. The highest BCUT2D eigenvalue weighted by atomic mass is 79.9. The monoisotopic (exact) mass is 293 g/mol. The molecule has 1 amide bonds. The predicted molar refractivity (Wildman–Crippen MR) is 70.3 cm³/mol. The first kappa shape index (κ1) is 10.8. The Kier molecular flexibility index (Phi) is 2.63. The largest absolute Gasteiger partial charge is 0.310 e. The van der Waals surface area contributed by atoms with Gasteiger partial charge in [-0.3, -0.25) is 9.89 Å². The van der Waals surface area contributed by atoms with E-state index in [0.29, 0.717) is 12.3 Å². The van der Waals surface area contributed by atoms with E-state index < -0.39 is 0 Å². The molecule has 1 aliphatic heterocycles. The molecule has 2 heterocycles. The van der Waals surface area contributed by atoms with Gasteiger partial charge in [-0.2, -0.15) is 5.10 Å². The van der Waals surface area contributed by atoms with E-state index >= 15 is 0 Å². The van der Waals surface area contributed by atoms with E-state index in [1.54, 1.807) is 6.20 Å². The molecule has 1 unspecified atom stereocenters. The Bertz CT molecular complexity index is 566. The van der Waals surface area contributed by atoms with Gasteiger partial charge in [-0.1, -0.05) is 28.1 Å². The number of H-pyrrole nitrogens is 1. The van der Waals surface area contributed by atoms with Crippen LogP contribution in [0, 0.1) is 5.92 Å². The molecule has 1 saturated heterocycles. The normalized spacial score (nSPS) is 20.4. The Labute approximate surface area is 107 Å². The summed E-state index contributed by atoms with van der Waals surface area (Å²) >= 11 is 3.45. The smallest absolute Gasteiger partial charge is 0.227 e. The molecule has 1 aliphatic rings. The minimum absolute atomic E-state index is 0.191. The fourth-order valence-corrected chi connectivity index (χ4v) is 2.73. The molecule has 0 spiro atoms. The van der Waals surface area contributed by atoms with Crippen molar-refractivity contribution in [2.45, 2.75) is 6.42 Å². The maximum atomic E-state index is 12.0. The van der Waals surface area contributed by atoms with E-state index in [1.165, 1.54) is 0 Å². The lowest BCUT2D eigenvalue weighted by Crippen LogP contribution is -2.24. The van der Waals surface area contributed by atoms with Gasteiger partial charge < -0.3 is 4.90 Å². The minimum Gasteiger partial charge on any atom is -0.310 e. The number of hydrogen-bond donors (Lipinski definition) is 1. The Morgan fingerprint density at radius 2 is 2.41 bits per heavy atom. The zero-order chi connectivity index (χ0) is 11.8. The van der Waals surface area contributed by atoms with Crippen molar-refractivity contribution in [3.8, 4) is 0 Å². The number of aromatic nitrogens is 2. The van der Waals surface area contributed by atoms with Gasteiger partial charge in [0.25, 0.3) is 0 Å². The predicted octanol–water partition coefficient (Wildman–Crippen LogP) is 2.31. The van der Waals surface area contributed by atoms with Crippen LogP contribution < -0.4 is 4.90 Å². The number of halogens is 1. The van der Waals surface area contributed by atoms with Crippen molar-refractivity contribution in [3.63, 3.8) is 0 Å². The van der Waals surface area contributed by atoms with Crippen molar-refractivity contribution in [1.82, 2.24) is 10.2 Å². The Balaban J connectivity index is 2.04. The van der Waals surface area contributed by atoms with E-state index in [4.69, 9.17) is 0 Å². The van der Waals surface area contributed by atoms with E-state index in [2.05, 4.69) is 26.1 Å². The fraction of sp³-hybridized carbons (Fsp3) is 0.333. The van der Waals surface area contributed by atoms with Gasteiger partial charge in [-0.15, -0.1) is 0 Å². The third kappa shape index (κ3) is 1.74. The number of anilines is 1. The van der Waals surface area contributed by atoms with E-state index in [-0.39, 0.29) is 5.91 Å². The SMILES string of the molecule is O=C1CC(CBr)CN1c1cccc2cn[nH]c12. The fourth-order valence-electron chi connectivity index (χ4n) is 2.30. The van der Waals surface area contributed by atoms with Crippen molar-refractivity contribution in [2.24, 2.45) is 5.92 Å². The molecule has 0 saturated carbocycles. The summed E-state index contributed by atoms with van der Waals surface area (Å²) in [6.45, 7) is 0.780. The molecule has 0 radical (unpaired) electrons. The number of nitrogens with one attached hydrogen (secondary N) is 1. The molecule has 2 aromatic rings. The topological polar surface area (TPSA) is 49.0 Å². The van der Waals surface area contributed by atoms with E-state index in [9.17, 15) is 4.79 Å². The maximum Gasteiger partial charge on any atom is 0.227 e. The number of carbonyl (C=O) groups excluding carboxylic acids is 1. The first-order valence-corrected chi connectivity index (χ1v) is 6.70. The van der Waals surface area contributed by atoms with Crippen LogP contribution in [0.4, 0.5) is 5.69 Å². The quantitative estimate of drug-likeness (QED) is 0.864. The average Bonchev–Trinajstić information content (AvgIpc) is 2.94. The second-order valence-corrected chi connectivity index (χ2v) is 4.99. The van der Waals surface area contributed by atoms with Crippen LogP contribution in [0.15, 0.2) is 24.4 Å². The lowest BCUT2D eigenvalue weighted by Gasteiger charge is -2.17. The van der Waals surface area contributed by atoms with Crippen LogP contribution in [0.2, 0.25) is 0 Å². The summed E-state index contributed by atoms with van der Waals surface area (Å²) in [5.74, 6) is 0.595. The molecule has 0 bridgehead atoms. The minimum atomic E-state index is 0.191. The average molecular weight is 294 g/mol. The van der Waals surface area contributed by atoms with Gasteiger partial charge in [0.15, 0.2) is 0 Å². The summed E-state index contributed by atoms with van der Waals surface area (Å²) in [5.41, 5.74) is 1.88. The van der Waals surface area contributed by atoms with Crippen molar-refractivity contribution < 1.29 is 4.79 Å². The number of nitrogens with zero attached hydrogens (tertiary/aromatic N) is 2. The summed E-state index contributed by atoms with van der Waals surface area (Å²) in [7, 11) is 0. The molecule has 1 fully saturated rings. The molecule has 1 aromatic heterocycles. The second-order valence-electron chi connectivity index (χ2n) is 4.34. The molecule has 17 heavy (non-hydrogen) atoms. The molecule has 3 rings (SSSR count).